The number of aliphatic carboxylic acids is 1. The summed E-state index contributed by atoms with van der Waals surface area (Å²) in [4.78, 5) is 22.5. The van der Waals surface area contributed by atoms with Crippen LogP contribution in [-0.4, -0.2) is 48.6 Å². The average molecular weight is 300 g/mol. The maximum atomic E-state index is 11.7. The fraction of sp³-hybridized carbons (Fsp3) is 0.818. The summed E-state index contributed by atoms with van der Waals surface area (Å²) in [6.45, 7) is 1.28. The van der Waals surface area contributed by atoms with E-state index in [1.54, 1.807) is 6.92 Å². The number of carbonyl (C=O) groups is 2. The van der Waals surface area contributed by atoms with Gasteiger partial charge in [-0.2, -0.15) is 13.2 Å². The molecule has 0 bridgehead atoms. The Balaban J connectivity index is 4.01. The third-order valence-electron chi connectivity index (χ3n) is 2.41. The van der Waals surface area contributed by atoms with Crippen molar-refractivity contribution in [2.24, 2.45) is 0 Å². The van der Waals surface area contributed by atoms with Gasteiger partial charge in [-0.3, -0.25) is 0 Å². The van der Waals surface area contributed by atoms with E-state index >= 15 is 0 Å². The maximum absolute atomic E-state index is 11.7. The molecular formula is C11H19F3N2O4. The molecule has 0 aliphatic carbocycles. The topological polar surface area (TPSA) is 87.7 Å². The second-order valence-electron chi connectivity index (χ2n) is 4.44. The third kappa shape index (κ3) is 7.82. The Morgan fingerprint density at radius 2 is 1.90 bits per heavy atom. The molecule has 0 aliphatic heterocycles. The van der Waals surface area contributed by atoms with Crippen LogP contribution in [0.3, 0.4) is 0 Å². The number of carboxylic acid groups (broad SMARTS) is 1. The van der Waals surface area contributed by atoms with Crippen molar-refractivity contribution >= 4 is 12.0 Å². The van der Waals surface area contributed by atoms with E-state index in [0.29, 0.717) is 6.42 Å². The number of hydrogen-bond acceptors (Lipinski definition) is 3. The number of nitrogens with one attached hydrogen (secondary N) is 2. The first-order valence-electron chi connectivity index (χ1n) is 6.04. The lowest BCUT2D eigenvalue weighted by Gasteiger charge is -2.25. The molecule has 3 N–H and O–H groups in total. The van der Waals surface area contributed by atoms with Crippen LogP contribution in [0, 0.1) is 0 Å². The van der Waals surface area contributed by atoms with Crippen LogP contribution in [0.25, 0.3) is 0 Å². The quantitative estimate of drug-likeness (QED) is 0.593. The molecule has 0 saturated heterocycles. The fourth-order valence-electron chi connectivity index (χ4n) is 1.44. The van der Waals surface area contributed by atoms with Crippen molar-refractivity contribution in [2.75, 3.05) is 19.8 Å². The van der Waals surface area contributed by atoms with Crippen LogP contribution in [0.4, 0.5) is 18.0 Å². The highest BCUT2D eigenvalue weighted by molar-refractivity contribution is 5.85. The van der Waals surface area contributed by atoms with Gasteiger partial charge in [-0.25, -0.2) is 9.59 Å². The standard InChI is InChI=1S/C11H19F3N2O4/c1-3-4-10(2,8(17)18)16-9(19)15-5-6-20-7-11(12,13)14/h3-7H2,1-2H3,(H,17,18)(H2,15,16,19). The number of ether oxygens (including phenoxy) is 1. The van der Waals surface area contributed by atoms with E-state index in [9.17, 15) is 22.8 Å². The normalized spacial score (nSPS) is 14.4. The Morgan fingerprint density at radius 1 is 1.30 bits per heavy atom. The Morgan fingerprint density at radius 3 is 2.35 bits per heavy atom. The Labute approximate surface area is 114 Å². The van der Waals surface area contributed by atoms with Gasteiger partial charge in [0, 0.05) is 6.54 Å². The molecule has 20 heavy (non-hydrogen) atoms. The molecule has 0 fully saturated rings. The Kier molecular flexibility index (Phi) is 7.33. The Bertz CT molecular complexity index is 336. The van der Waals surface area contributed by atoms with E-state index in [1.807, 2.05) is 0 Å². The van der Waals surface area contributed by atoms with Crippen molar-refractivity contribution in [2.45, 2.75) is 38.4 Å². The summed E-state index contributed by atoms with van der Waals surface area (Å²) in [5, 5.41) is 13.5. The number of rotatable bonds is 8. The minimum Gasteiger partial charge on any atom is -0.480 e. The summed E-state index contributed by atoms with van der Waals surface area (Å²) >= 11 is 0. The molecule has 0 saturated carbocycles. The van der Waals surface area contributed by atoms with Crippen molar-refractivity contribution < 1.29 is 32.6 Å². The minimum absolute atomic E-state index is 0.149. The number of hydrogen-bond donors (Lipinski definition) is 3. The summed E-state index contributed by atoms with van der Waals surface area (Å²) in [5.41, 5.74) is -1.41. The lowest BCUT2D eigenvalue weighted by molar-refractivity contribution is -0.173. The molecule has 0 aromatic heterocycles. The summed E-state index contributed by atoms with van der Waals surface area (Å²) in [6.07, 6.45) is -3.62. The van der Waals surface area contributed by atoms with Crippen molar-refractivity contribution in [3.05, 3.63) is 0 Å². The van der Waals surface area contributed by atoms with E-state index in [2.05, 4.69) is 15.4 Å². The summed E-state index contributed by atoms with van der Waals surface area (Å²) in [6, 6.07) is -0.765. The molecule has 2 amide bonds. The van der Waals surface area contributed by atoms with E-state index in [0.717, 1.165) is 0 Å². The third-order valence-corrected chi connectivity index (χ3v) is 2.41. The van der Waals surface area contributed by atoms with E-state index in [-0.39, 0.29) is 19.6 Å². The number of carboxylic acids is 1. The van der Waals surface area contributed by atoms with Crippen molar-refractivity contribution in [1.29, 1.82) is 0 Å². The van der Waals surface area contributed by atoms with Gasteiger partial charge < -0.3 is 20.5 Å². The molecule has 0 radical (unpaired) electrons. The van der Waals surface area contributed by atoms with Crippen LogP contribution in [0.2, 0.25) is 0 Å². The van der Waals surface area contributed by atoms with Crippen LogP contribution in [0.15, 0.2) is 0 Å². The smallest absolute Gasteiger partial charge is 0.411 e. The first-order valence-corrected chi connectivity index (χ1v) is 6.04. The van der Waals surface area contributed by atoms with Crippen LogP contribution < -0.4 is 10.6 Å². The molecule has 0 aromatic carbocycles. The largest absolute Gasteiger partial charge is 0.480 e. The molecule has 0 aromatic rings. The van der Waals surface area contributed by atoms with Gasteiger partial charge in [-0.05, 0) is 13.3 Å². The van der Waals surface area contributed by atoms with Gasteiger partial charge >= 0.3 is 18.2 Å². The minimum atomic E-state index is -4.41. The van der Waals surface area contributed by atoms with Crippen molar-refractivity contribution in [3.63, 3.8) is 0 Å². The molecule has 9 heteroatoms. The second kappa shape index (κ2) is 7.93. The molecule has 0 heterocycles. The van der Waals surface area contributed by atoms with Gasteiger partial charge in [0.1, 0.15) is 12.1 Å². The highest BCUT2D eigenvalue weighted by Crippen LogP contribution is 2.14. The number of amides is 2. The first-order chi connectivity index (χ1) is 9.10. The predicted molar refractivity (Wildman–Crippen MR) is 64.4 cm³/mol. The second-order valence-corrected chi connectivity index (χ2v) is 4.44. The highest BCUT2D eigenvalue weighted by Gasteiger charge is 2.33. The zero-order valence-corrected chi connectivity index (χ0v) is 11.3. The Hall–Kier alpha value is -1.51. The van der Waals surface area contributed by atoms with Gasteiger partial charge in [0.25, 0.3) is 0 Å². The van der Waals surface area contributed by atoms with Crippen LogP contribution in [0.5, 0.6) is 0 Å². The SMILES string of the molecule is CCCC(C)(NC(=O)NCCOCC(F)(F)F)C(=O)O. The molecule has 0 spiro atoms. The number of halogens is 3. The van der Waals surface area contributed by atoms with E-state index < -0.39 is 30.3 Å². The fourth-order valence-corrected chi connectivity index (χ4v) is 1.44. The zero-order valence-electron chi connectivity index (χ0n) is 11.3. The molecule has 0 rings (SSSR count). The van der Waals surface area contributed by atoms with E-state index in [1.165, 1.54) is 6.92 Å². The molecule has 0 aliphatic rings. The van der Waals surface area contributed by atoms with Crippen LogP contribution in [0.1, 0.15) is 26.7 Å². The van der Waals surface area contributed by atoms with Gasteiger partial charge in [0.05, 0.1) is 6.61 Å². The van der Waals surface area contributed by atoms with Crippen LogP contribution in [-0.2, 0) is 9.53 Å². The first kappa shape index (κ1) is 18.5. The number of carbonyl (C=O) groups excluding carboxylic acids is 1. The summed E-state index contributed by atoms with van der Waals surface area (Å²) < 4.78 is 39.5. The maximum Gasteiger partial charge on any atom is 0.411 e. The molecule has 1 atom stereocenters. The van der Waals surface area contributed by atoms with Gasteiger partial charge in [0.15, 0.2) is 0 Å². The predicted octanol–water partition coefficient (Wildman–Crippen LogP) is 1.51. The van der Waals surface area contributed by atoms with E-state index in [4.69, 9.17) is 5.11 Å². The lowest BCUT2D eigenvalue weighted by atomic mass is 9.97. The van der Waals surface area contributed by atoms with Crippen LogP contribution >= 0.6 is 0 Å². The van der Waals surface area contributed by atoms with Gasteiger partial charge in [0.2, 0.25) is 0 Å². The summed E-state index contributed by atoms with van der Waals surface area (Å²) in [5.74, 6) is -1.18. The number of alkyl halides is 3. The summed E-state index contributed by atoms with van der Waals surface area (Å²) in [7, 11) is 0. The lowest BCUT2D eigenvalue weighted by Crippen LogP contribution is -2.55. The van der Waals surface area contributed by atoms with Crippen molar-refractivity contribution in [3.8, 4) is 0 Å². The molecule has 6 nitrogen and oxygen atoms in total. The van der Waals surface area contributed by atoms with Gasteiger partial charge in [-0.15, -0.1) is 0 Å². The highest BCUT2D eigenvalue weighted by atomic mass is 19.4. The zero-order chi connectivity index (χ0) is 15.8. The molecule has 1 unspecified atom stereocenters. The average Bonchev–Trinajstić information content (AvgIpc) is 2.26. The molecular weight excluding hydrogens is 281 g/mol. The van der Waals surface area contributed by atoms with Crippen molar-refractivity contribution in [1.82, 2.24) is 10.6 Å². The molecule has 118 valence electrons. The number of urea groups is 1. The van der Waals surface area contributed by atoms with Gasteiger partial charge in [-0.1, -0.05) is 13.3 Å². The monoisotopic (exact) mass is 300 g/mol.